The van der Waals surface area contributed by atoms with Crippen molar-refractivity contribution >= 4 is 0 Å². The second-order valence-corrected chi connectivity index (χ2v) is 7.08. The normalized spacial score (nSPS) is 35.1. The maximum Gasteiger partial charge on any atom is 0.199 e. The molecular weight excluding hydrogens is 204 g/mol. The first-order valence-electron chi connectivity index (χ1n) is 6.11. The molecule has 2 atom stereocenters. The van der Waals surface area contributed by atoms with E-state index in [4.69, 9.17) is 9.78 Å². The minimum absolute atomic E-state index is 0.105. The van der Waals surface area contributed by atoms with E-state index < -0.39 is 5.79 Å². The summed E-state index contributed by atoms with van der Waals surface area (Å²) in [4.78, 5) is 10.6. The monoisotopic (exact) mass is 230 g/mol. The highest BCUT2D eigenvalue weighted by molar-refractivity contribution is 4.87. The van der Waals surface area contributed by atoms with Crippen molar-refractivity contribution in [2.45, 2.75) is 72.2 Å². The van der Waals surface area contributed by atoms with Crippen LogP contribution in [0, 0.1) is 11.3 Å². The van der Waals surface area contributed by atoms with Gasteiger partial charge in [0.1, 0.15) is 0 Å². The molecule has 1 fully saturated rings. The minimum Gasteiger partial charge on any atom is -0.363 e. The average Bonchev–Trinajstić information content (AvgIpc) is 1.94. The Morgan fingerprint density at radius 3 is 2.19 bits per heavy atom. The van der Waals surface area contributed by atoms with Crippen LogP contribution in [-0.4, -0.2) is 16.5 Å². The molecule has 0 spiro atoms. The maximum atomic E-state index is 10.4. The van der Waals surface area contributed by atoms with Gasteiger partial charge < -0.3 is 5.11 Å². The molecule has 0 amide bonds. The fraction of sp³-hybridized carbons (Fsp3) is 1.00. The van der Waals surface area contributed by atoms with E-state index in [2.05, 4.69) is 20.8 Å². The van der Waals surface area contributed by atoms with Crippen LogP contribution in [-0.2, 0) is 9.78 Å². The second kappa shape index (κ2) is 4.28. The Bertz CT molecular complexity index is 242. The third-order valence-electron chi connectivity index (χ3n) is 2.77. The molecule has 0 aromatic carbocycles. The first-order chi connectivity index (χ1) is 7.02. The fourth-order valence-electron chi connectivity index (χ4n) is 2.72. The molecule has 2 unspecified atom stereocenters. The molecule has 3 nitrogen and oxygen atoms in total. The molecule has 1 rings (SSSR count). The summed E-state index contributed by atoms with van der Waals surface area (Å²) < 4.78 is 0. The molecule has 1 N–H and O–H groups in total. The molecule has 0 aromatic rings. The van der Waals surface area contributed by atoms with Gasteiger partial charge in [-0.05, 0) is 38.5 Å². The first-order valence-corrected chi connectivity index (χ1v) is 6.11. The van der Waals surface area contributed by atoms with Crippen molar-refractivity contribution in [1.29, 1.82) is 0 Å². The van der Waals surface area contributed by atoms with Gasteiger partial charge in [-0.25, -0.2) is 9.78 Å². The molecule has 1 aliphatic carbocycles. The summed E-state index contributed by atoms with van der Waals surface area (Å²) in [6.07, 6.45) is 2.39. The first kappa shape index (κ1) is 13.9. The van der Waals surface area contributed by atoms with Gasteiger partial charge in [0.15, 0.2) is 5.79 Å². The van der Waals surface area contributed by atoms with Gasteiger partial charge in [0.25, 0.3) is 0 Å². The van der Waals surface area contributed by atoms with Crippen molar-refractivity contribution in [3.05, 3.63) is 0 Å². The smallest absolute Gasteiger partial charge is 0.199 e. The topological polar surface area (TPSA) is 38.7 Å². The van der Waals surface area contributed by atoms with E-state index in [0.717, 1.165) is 6.42 Å². The molecule has 16 heavy (non-hydrogen) atoms. The van der Waals surface area contributed by atoms with Gasteiger partial charge >= 0.3 is 0 Å². The lowest BCUT2D eigenvalue weighted by atomic mass is 9.70. The van der Waals surface area contributed by atoms with Crippen molar-refractivity contribution in [3.8, 4) is 0 Å². The van der Waals surface area contributed by atoms with Crippen molar-refractivity contribution in [1.82, 2.24) is 0 Å². The molecule has 1 aliphatic rings. The molecule has 0 aromatic heterocycles. The highest BCUT2D eigenvalue weighted by atomic mass is 17.2. The third kappa shape index (κ3) is 4.40. The standard InChI is InChI=1S/C13H26O3/c1-10-7-12(5,6)9-13(14,8-10)16-15-11(2,3)4/h10,14H,7-9H2,1-6H3. The molecule has 3 heteroatoms. The van der Waals surface area contributed by atoms with Crippen LogP contribution >= 0.6 is 0 Å². The number of hydrogen-bond donors (Lipinski definition) is 1. The van der Waals surface area contributed by atoms with Crippen molar-refractivity contribution in [2.24, 2.45) is 11.3 Å². The Morgan fingerprint density at radius 1 is 1.19 bits per heavy atom. The largest absolute Gasteiger partial charge is 0.363 e. The molecular formula is C13H26O3. The SMILES string of the molecule is CC1CC(C)(C)CC(O)(OOC(C)(C)C)C1. The zero-order chi connectivity index (χ0) is 12.6. The van der Waals surface area contributed by atoms with Crippen LogP contribution in [0.3, 0.4) is 0 Å². The van der Waals surface area contributed by atoms with Gasteiger partial charge in [0.05, 0.1) is 5.60 Å². The van der Waals surface area contributed by atoms with Crippen molar-refractivity contribution in [3.63, 3.8) is 0 Å². The summed E-state index contributed by atoms with van der Waals surface area (Å²) in [5, 5.41) is 10.4. The van der Waals surface area contributed by atoms with Crippen molar-refractivity contribution in [2.75, 3.05) is 0 Å². The lowest BCUT2D eigenvalue weighted by Crippen LogP contribution is -2.45. The van der Waals surface area contributed by atoms with Crippen LogP contribution in [0.1, 0.15) is 60.8 Å². The number of rotatable bonds is 2. The second-order valence-electron chi connectivity index (χ2n) is 7.08. The van der Waals surface area contributed by atoms with E-state index in [-0.39, 0.29) is 11.0 Å². The van der Waals surface area contributed by atoms with Crippen LogP contribution in [0.2, 0.25) is 0 Å². The zero-order valence-electron chi connectivity index (χ0n) is 11.5. The van der Waals surface area contributed by atoms with E-state index in [9.17, 15) is 5.11 Å². The fourth-order valence-corrected chi connectivity index (χ4v) is 2.72. The van der Waals surface area contributed by atoms with Crippen LogP contribution in [0.15, 0.2) is 0 Å². The molecule has 0 bridgehead atoms. The summed E-state index contributed by atoms with van der Waals surface area (Å²) >= 11 is 0. The Hall–Kier alpha value is -0.120. The van der Waals surface area contributed by atoms with E-state index >= 15 is 0 Å². The van der Waals surface area contributed by atoms with Gasteiger partial charge in [-0.3, -0.25) is 0 Å². The molecule has 96 valence electrons. The Balaban J connectivity index is 2.62. The molecule has 0 saturated heterocycles. The summed E-state index contributed by atoms with van der Waals surface area (Å²) in [7, 11) is 0. The highest BCUT2D eigenvalue weighted by Crippen LogP contribution is 2.44. The minimum atomic E-state index is -1.13. The molecule has 0 radical (unpaired) electrons. The summed E-state index contributed by atoms with van der Waals surface area (Å²) in [5.41, 5.74) is -0.284. The van der Waals surface area contributed by atoms with E-state index in [1.54, 1.807) is 0 Å². The van der Waals surface area contributed by atoms with E-state index in [1.807, 2.05) is 20.8 Å². The Kier molecular flexibility index (Phi) is 3.73. The summed E-state index contributed by atoms with van der Waals surface area (Å²) in [5.74, 6) is -0.675. The van der Waals surface area contributed by atoms with Gasteiger partial charge in [0, 0.05) is 12.8 Å². The molecule has 0 heterocycles. The zero-order valence-corrected chi connectivity index (χ0v) is 11.5. The predicted octanol–water partition coefficient (Wildman–Crippen LogP) is 3.27. The van der Waals surface area contributed by atoms with Crippen LogP contribution in [0.5, 0.6) is 0 Å². The number of hydrogen-bond acceptors (Lipinski definition) is 3. The Labute approximate surface area is 99.1 Å². The lowest BCUT2D eigenvalue weighted by molar-refractivity contribution is -0.463. The van der Waals surface area contributed by atoms with Crippen molar-refractivity contribution < 1.29 is 14.9 Å². The highest BCUT2D eigenvalue weighted by Gasteiger charge is 2.44. The lowest BCUT2D eigenvalue weighted by Gasteiger charge is -2.43. The van der Waals surface area contributed by atoms with Crippen LogP contribution in [0.25, 0.3) is 0 Å². The maximum absolute atomic E-state index is 10.4. The molecule has 1 saturated carbocycles. The summed E-state index contributed by atoms with van der Waals surface area (Å²) in [6, 6.07) is 0. The van der Waals surface area contributed by atoms with E-state index in [0.29, 0.717) is 18.8 Å². The summed E-state index contributed by atoms with van der Waals surface area (Å²) in [6.45, 7) is 12.2. The average molecular weight is 230 g/mol. The van der Waals surface area contributed by atoms with Gasteiger partial charge in [-0.15, -0.1) is 0 Å². The van der Waals surface area contributed by atoms with Gasteiger partial charge in [0.2, 0.25) is 0 Å². The van der Waals surface area contributed by atoms with Gasteiger partial charge in [-0.2, -0.15) is 0 Å². The van der Waals surface area contributed by atoms with Crippen LogP contribution < -0.4 is 0 Å². The quantitative estimate of drug-likeness (QED) is 0.449. The van der Waals surface area contributed by atoms with Gasteiger partial charge in [-0.1, -0.05) is 20.8 Å². The molecule has 0 aliphatic heterocycles. The Morgan fingerprint density at radius 2 is 1.75 bits per heavy atom. The third-order valence-corrected chi connectivity index (χ3v) is 2.77. The number of aliphatic hydroxyl groups is 1. The predicted molar refractivity (Wildman–Crippen MR) is 63.7 cm³/mol. The van der Waals surface area contributed by atoms with E-state index in [1.165, 1.54) is 0 Å². The van der Waals surface area contributed by atoms with Crippen LogP contribution in [0.4, 0.5) is 0 Å².